The van der Waals surface area contributed by atoms with Crippen LogP contribution in [0.1, 0.15) is 29.3 Å². The standard InChI is InChI=1S/C14H12BrF2NS/c15-14-7-11-12(2-1-3-13(11)19-14)18-10-5-8(16)4-9(17)6-10/h4-7,12,18H,1-3H2. The summed E-state index contributed by atoms with van der Waals surface area (Å²) < 4.78 is 27.5. The molecule has 3 rings (SSSR count). The first-order valence-corrected chi connectivity index (χ1v) is 7.73. The summed E-state index contributed by atoms with van der Waals surface area (Å²) in [7, 11) is 0. The van der Waals surface area contributed by atoms with Gasteiger partial charge in [-0.15, -0.1) is 11.3 Å². The van der Waals surface area contributed by atoms with Crippen LogP contribution in [0.5, 0.6) is 0 Å². The largest absolute Gasteiger partial charge is 0.378 e. The van der Waals surface area contributed by atoms with Crippen LogP contribution in [0.2, 0.25) is 0 Å². The zero-order chi connectivity index (χ0) is 13.4. The lowest BCUT2D eigenvalue weighted by atomic mass is 9.94. The Labute approximate surface area is 122 Å². The van der Waals surface area contributed by atoms with Crippen LogP contribution in [-0.2, 0) is 6.42 Å². The van der Waals surface area contributed by atoms with E-state index in [0.29, 0.717) is 5.69 Å². The van der Waals surface area contributed by atoms with Crippen molar-refractivity contribution in [1.82, 2.24) is 0 Å². The minimum Gasteiger partial charge on any atom is -0.378 e. The van der Waals surface area contributed by atoms with Crippen molar-refractivity contribution in [2.24, 2.45) is 0 Å². The summed E-state index contributed by atoms with van der Waals surface area (Å²) in [6, 6.07) is 5.79. The van der Waals surface area contributed by atoms with Crippen LogP contribution in [-0.4, -0.2) is 0 Å². The molecule has 1 heterocycles. The molecule has 0 radical (unpaired) electrons. The Kier molecular flexibility index (Phi) is 3.58. The van der Waals surface area contributed by atoms with E-state index in [1.54, 1.807) is 11.3 Å². The van der Waals surface area contributed by atoms with Crippen LogP contribution >= 0.6 is 27.3 Å². The molecule has 0 aliphatic heterocycles. The minimum atomic E-state index is -0.551. The molecule has 1 unspecified atom stereocenters. The molecule has 0 fully saturated rings. The monoisotopic (exact) mass is 343 g/mol. The summed E-state index contributed by atoms with van der Waals surface area (Å²) in [6.45, 7) is 0. The normalized spacial score (nSPS) is 18.2. The van der Waals surface area contributed by atoms with Gasteiger partial charge in [0.1, 0.15) is 11.6 Å². The zero-order valence-electron chi connectivity index (χ0n) is 10.1. The van der Waals surface area contributed by atoms with Gasteiger partial charge in [-0.05, 0) is 59.0 Å². The smallest absolute Gasteiger partial charge is 0.128 e. The molecular weight excluding hydrogens is 332 g/mol. The fourth-order valence-corrected chi connectivity index (χ4v) is 4.33. The highest BCUT2D eigenvalue weighted by atomic mass is 79.9. The van der Waals surface area contributed by atoms with E-state index in [2.05, 4.69) is 27.3 Å². The van der Waals surface area contributed by atoms with Gasteiger partial charge >= 0.3 is 0 Å². The van der Waals surface area contributed by atoms with E-state index in [1.165, 1.54) is 22.6 Å². The number of hydrogen-bond acceptors (Lipinski definition) is 2. The van der Waals surface area contributed by atoms with Crippen LogP contribution in [0.3, 0.4) is 0 Å². The Bertz CT molecular complexity index is 591. The molecule has 2 aromatic rings. The first-order chi connectivity index (χ1) is 9.11. The number of hydrogen-bond donors (Lipinski definition) is 1. The van der Waals surface area contributed by atoms with Gasteiger partial charge in [0.25, 0.3) is 0 Å². The van der Waals surface area contributed by atoms with E-state index in [4.69, 9.17) is 0 Å². The number of benzene rings is 1. The number of thiophene rings is 1. The Balaban J connectivity index is 1.88. The number of halogens is 3. The second-order valence-corrected chi connectivity index (χ2v) is 7.19. The van der Waals surface area contributed by atoms with E-state index < -0.39 is 11.6 Å². The summed E-state index contributed by atoms with van der Waals surface area (Å²) in [6.07, 6.45) is 3.16. The van der Waals surface area contributed by atoms with Crippen molar-refractivity contribution in [2.45, 2.75) is 25.3 Å². The summed E-state index contributed by atoms with van der Waals surface area (Å²) in [5.41, 5.74) is 1.74. The maximum Gasteiger partial charge on any atom is 0.128 e. The number of rotatable bonds is 2. The third-order valence-electron chi connectivity index (χ3n) is 3.29. The molecular formula is C14H12BrF2NS. The molecule has 0 amide bonds. The maximum absolute atomic E-state index is 13.2. The first kappa shape index (κ1) is 13.1. The molecule has 1 aromatic carbocycles. The second-order valence-electron chi connectivity index (χ2n) is 4.68. The fourth-order valence-electron chi connectivity index (χ4n) is 2.51. The SMILES string of the molecule is Fc1cc(F)cc(NC2CCCc3sc(Br)cc32)c1. The molecule has 100 valence electrons. The summed E-state index contributed by atoms with van der Waals surface area (Å²) in [4.78, 5) is 1.35. The van der Waals surface area contributed by atoms with E-state index in [9.17, 15) is 8.78 Å². The first-order valence-electron chi connectivity index (χ1n) is 6.12. The highest BCUT2D eigenvalue weighted by Crippen LogP contribution is 2.39. The van der Waals surface area contributed by atoms with Gasteiger partial charge in [0.2, 0.25) is 0 Å². The molecule has 1 aliphatic rings. The van der Waals surface area contributed by atoms with Gasteiger partial charge in [-0.2, -0.15) is 0 Å². The van der Waals surface area contributed by atoms with E-state index in [0.717, 1.165) is 29.1 Å². The van der Waals surface area contributed by atoms with E-state index in [1.807, 2.05) is 0 Å². The predicted octanol–water partition coefficient (Wildman–Crippen LogP) is 5.28. The average Bonchev–Trinajstić information content (AvgIpc) is 2.69. The molecule has 19 heavy (non-hydrogen) atoms. The molecule has 5 heteroatoms. The number of fused-ring (bicyclic) bond motifs is 1. The number of anilines is 1. The lowest BCUT2D eigenvalue weighted by molar-refractivity contribution is 0.579. The minimum absolute atomic E-state index is 0.132. The zero-order valence-corrected chi connectivity index (χ0v) is 12.5. The Morgan fingerprint density at radius 2 is 1.89 bits per heavy atom. The lowest BCUT2D eigenvalue weighted by Crippen LogP contribution is -2.15. The molecule has 0 spiro atoms. The Hall–Kier alpha value is -0.940. The van der Waals surface area contributed by atoms with Crippen molar-refractivity contribution < 1.29 is 8.78 Å². The van der Waals surface area contributed by atoms with Crippen molar-refractivity contribution in [1.29, 1.82) is 0 Å². The summed E-state index contributed by atoms with van der Waals surface area (Å²) in [5, 5.41) is 3.24. The third kappa shape index (κ3) is 2.82. The lowest BCUT2D eigenvalue weighted by Gasteiger charge is -2.24. The molecule has 1 aliphatic carbocycles. The third-order valence-corrected chi connectivity index (χ3v) is 5.00. The van der Waals surface area contributed by atoms with Crippen molar-refractivity contribution in [3.63, 3.8) is 0 Å². The van der Waals surface area contributed by atoms with Gasteiger partial charge in [0, 0.05) is 16.6 Å². The van der Waals surface area contributed by atoms with E-state index in [-0.39, 0.29) is 6.04 Å². The molecule has 1 nitrogen and oxygen atoms in total. The van der Waals surface area contributed by atoms with Crippen LogP contribution in [0.4, 0.5) is 14.5 Å². The second kappa shape index (κ2) is 5.21. The van der Waals surface area contributed by atoms with Gasteiger partial charge in [0.15, 0.2) is 0 Å². The fraction of sp³-hybridized carbons (Fsp3) is 0.286. The number of aryl methyl sites for hydroxylation is 1. The van der Waals surface area contributed by atoms with Gasteiger partial charge in [-0.25, -0.2) is 8.78 Å². The van der Waals surface area contributed by atoms with Crippen LogP contribution in [0, 0.1) is 11.6 Å². The molecule has 0 saturated carbocycles. The highest BCUT2D eigenvalue weighted by molar-refractivity contribution is 9.11. The van der Waals surface area contributed by atoms with Gasteiger partial charge in [0.05, 0.1) is 9.83 Å². The Morgan fingerprint density at radius 3 is 2.63 bits per heavy atom. The van der Waals surface area contributed by atoms with Crippen molar-refractivity contribution in [3.05, 3.63) is 50.1 Å². The van der Waals surface area contributed by atoms with Crippen LogP contribution in [0.15, 0.2) is 28.1 Å². The average molecular weight is 344 g/mol. The molecule has 0 bridgehead atoms. The van der Waals surface area contributed by atoms with Crippen LogP contribution < -0.4 is 5.32 Å². The van der Waals surface area contributed by atoms with Crippen molar-refractivity contribution >= 4 is 33.0 Å². The molecule has 0 saturated heterocycles. The van der Waals surface area contributed by atoms with Crippen molar-refractivity contribution in [3.8, 4) is 0 Å². The van der Waals surface area contributed by atoms with Gasteiger partial charge in [-0.1, -0.05) is 0 Å². The van der Waals surface area contributed by atoms with Crippen LogP contribution in [0.25, 0.3) is 0 Å². The van der Waals surface area contributed by atoms with Gasteiger partial charge in [-0.3, -0.25) is 0 Å². The predicted molar refractivity (Wildman–Crippen MR) is 77.7 cm³/mol. The summed E-state index contributed by atoms with van der Waals surface area (Å²) in [5.74, 6) is -1.10. The Morgan fingerprint density at radius 1 is 1.16 bits per heavy atom. The molecule has 1 aromatic heterocycles. The molecule has 1 atom stereocenters. The van der Waals surface area contributed by atoms with Gasteiger partial charge < -0.3 is 5.32 Å². The van der Waals surface area contributed by atoms with E-state index >= 15 is 0 Å². The summed E-state index contributed by atoms with van der Waals surface area (Å²) >= 11 is 5.24. The maximum atomic E-state index is 13.2. The molecule has 1 N–H and O–H groups in total. The highest BCUT2D eigenvalue weighted by Gasteiger charge is 2.22. The van der Waals surface area contributed by atoms with Crippen molar-refractivity contribution in [2.75, 3.05) is 5.32 Å². The quantitative estimate of drug-likeness (QED) is 0.782. The topological polar surface area (TPSA) is 12.0 Å². The number of nitrogens with one attached hydrogen (secondary N) is 1.